The molecule has 0 aliphatic heterocycles. The Morgan fingerprint density at radius 2 is 2.18 bits per heavy atom. The largest absolute Gasteiger partial charge is 0.364 e. The molecular formula is C15H18N6S. The molecule has 4 rings (SSSR count). The molecule has 1 saturated carbocycles. The number of nitrogens with one attached hydrogen (secondary N) is 2. The number of fused-ring (bicyclic) bond motifs is 1. The van der Waals surface area contributed by atoms with Crippen molar-refractivity contribution in [1.82, 2.24) is 20.2 Å². The van der Waals surface area contributed by atoms with E-state index in [4.69, 9.17) is 10.7 Å². The van der Waals surface area contributed by atoms with Crippen molar-refractivity contribution in [3.63, 3.8) is 0 Å². The van der Waals surface area contributed by atoms with Crippen LogP contribution in [0, 0.1) is 0 Å². The molecule has 0 radical (unpaired) electrons. The van der Waals surface area contributed by atoms with E-state index in [-0.39, 0.29) is 12.1 Å². The van der Waals surface area contributed by atoms with Gasteiger partial charge in [-0.25, -0.2) is 9.97 Å². The maximum Gasteiger partial charge on any atom is 0.163 e. The number of H-pyrrole nitrogens is 1. The number of aromatic nitrogens is 4. The number of hydrogen-bond donors (Lipinski definition) is 3. The fourth-order valence-electron chi connectivity index (χ4n) is 2.98. The summed E-state index contributed by atoms with van der Waals surface area (Å²) in [6.07, 6.45) is 6.29. The van der Waals surface area contributed by atoms with Crippen LogP contribution in [-0.4, -0.2) is 32.2 Å². The quantitative estimate of drug-likeness (QED) is 0.691. The first-order valence-electron chi connectivity index (χ1n) is 7.57. The average molecular weight is 314 g/mol. The van der Waals surface area contributed by atoms with Crippen LogP contribution in [0.25, 0.3) is 22.4 Å². The van der Waals surface area contributed by atoms with Crippen LogP contribution in [0.3, 0.4) is 0 Å². The molecule has 6 nitrogen and oxygen atoms in total. The predicted octanol–water partition coefficient (Wildman–Crippen LogP) is 2.76. The van der Waals surface area contributed by atoms with Gasteiger partial charge in [-0.15, -0.1) is 0 Å². The van der Waals surface area contributed by atoms with Crippen molar-refractivity contribution in [2.24, 2.45) is 5.73 Å². The lowest BCUT2D eigenvalue weighted by Crippen LogP contribution is -2.42. The van der Waals surface area contributed by atoms with Crippen molar-refractivity contribution in [3.8, 4) is 11.4 Å². The Hall–Kier alpha value is -1.99. The second-order valence-electron chi connectivity index (χ2n) is 5.74. The molecule has 3 aromatic rings. The summed E-state index contributed by atoms with van der Waals surface area (Å²) < 4.78 is 0. The first kappa shape index (κ1) is 13.7. The first-order chi connectivity index (χ1) is 10.8. The van der Waals surface area contributed by atoms with Gasteiger partial charge in [0, 0.05) is 23.0 Å². The summed E-state index contributed by atoms with van der Waals surface area (Å²) in [5.41, 5.74) is 8.95. The molecule has 3 aromatic heterocycles. The van der Waals surface area contributed by atoms with Crippen molar-refractivity contribution < 1.29 is 0 Å². The standard InChI is InChI=1S/C15H18N6S/c16-10-3-1-2-4-11(10)18-15-13-12(7-17-21-13)19-14(20-15)9-5-6-22-8-9/h5-8,10-11H,1-4,16H2,(H,17,21)(H,18,19,20)/t10-,11+/m0/s1. The molecule has 114 valence electrons. The smallest absolute Gasteiger partial charge is 0.163 e. The van der Waals surface area contributed by atoms with Gasteiger partial charge in [0.05, 0.1) is 6.20 Å². The van der Waals surface area contributed by atoms with Gasteiger partial charge in [0.1, 0.15) is 11.0 Å². The molecule has 0 spiro atoms. The number of aromatic amines is 1. The van der Waals surface area contributed by atoms with E-state index in [1.54, 1.807) is 17.5 Å². The van der Waals surface area contributed by atoms with Crippen molar-refractivity contribution in [1.29, 1.82) is 0 Å². The molecule has 0 amide bonds. The summed E-state index contributed by atoms with van der Waals surface area (Å²) >= 11 is 1.64. The number of anilines is 1. The fraction of sp³-hybridized carbons (Fsp3) is 0.400. The Morgan fingerprint density at radius 3 is 3.00 bits per heavy atom. The SMILES string of the molecule is N[C@H]1CCCC[C@H]1Nc1nc(-c2ccsc2)nc2cn[nH]c12. The third-order valence-corrected chi connectivity index (χ3v) is 4.90. The van der Waals surface area contributed by atoms with Gasteiger partial charge in [0.15, 0.2) is 11.6 Å². The average Bonchev–Trinajstić information content (AvgIpc) is 3.20. The normalized spacial score (nSPS) is 22.0. The Labute approximate surface area is 132 Å². The maximum absolute atomic E-state index is 6.25. The Morgan fingerprint density at radius 1 is 1.27 bits per heavy atom. The molecule has 1 aliphatic rings. The highest BCUT2D eigenvalue weighted by Crippen LogP contribution is 2.27. The minimum Gasteiger partial charge on any atom is -0.364 e. The Kier molecular flexibility index (Phi) is 3.51. The van der Waals surface area contributed by atoms with Gasteiger partial charge in [-0.2, -0.15) is 16.4 Å². The lowest BCUT2D eigenvalue weighted by molar-refractivity contribution is 0.403. The van der Waals surface area contributed by atoms with Crippen LogP contribution in [-0.2, 0) is 0 Å². The minimum absolute atomic E-state index is 0.172. The van der Waals surface area contributed by atoms with Gasteiger partial charge in [-0.3, -0.25) is 5.10 Å². The van der Waals surface area contributed by atoms with Crippen LogP contribution >= 0.6 is 11.3 Å². The number of thiophene rings is 1. The molecule has 3 heterocycles. The topological polar surface area (TPSA) is 92.5 Å². The lowest BCUT2D eigenvalue weighted by atomic mass is 9.91. The van der Waals surface area contributed by atoms with Crippen LogP contribution < -0.4 is 11.1 Å². The van der Waals surface area contributed by atoms with E-state index >= 15 is 0 Å². The Bertz CT molecular complexity index is 766. The van der Waals surface area contributed by atoms with Crippen LogP contribution in [0.2, 0.25) is 0 Å². The summed E-state index contributed by atoms with van der Waals surface area (Å²) in [4.78, 5) is 9.28. The molecule has 2 atom stereocenters. The summed E-state index contributed by atoms with van der Waals surface area (Å²) in [5.74, 6) is 1.52. The third-order valence-electron chi connectivity index (χ3n) is 4.22. The van der Waals surface area contributed by atoms with Gasteiger partial charge in [-0.05, 0) is 24.3 Å². The van der Waals surface area contributed by atoms with Crippen LogP contribution in [0.4, 0.5) is 5.82 Å². The molecule has 1 aliphatic carbocycles. The fourth-order valence-corrected chi connectivity index (χ4v) is 3.61. The molecule has 0 saturated heterocycles. The molecule has 0 unspecified atom stereocenters. The van der Waals surface area contributed by atoms with Crippen molar-refractivity contribution >= 4 is 28.2 Å². The highest BCUT2D eigenvalue weighted by atomic mass is 32.1. The first-order valence-corrected chi connectivity index (χ1v) is 8.51. The number of hydrogen-bond acceptors (Lipinski definition) is 6. The van der Waals surface area contributed by atoms with Gasteiger partial charge in [0.2, 0.25) is 0 Å². The van der Waals surface area contributed by atoms with Crippen molar-refractivity contribution in [3.05, 3.63) is 23.0 Å². The molecule has 0 bridgehead atoms. The molecule has 22 heavy (non-hydrogen) atoms. The van der Waals surface area contributed by atoms with Gasteiger partial charge in [-0.1, -0.05) is 12.8 Å². The van der Waals surface area contributed by atoms with E-state index in [1.807, 2.05) is 11.4 Å². The van der Waals surface area contributed by atoms with E-state index in [0.717, 1.165) is 41.1 Å². The van der Waals surface area contributed by atoms with Crippen LogP contribution in [0.15, 0.2) is 23.0 Å². The summed E-state index contributed by atoms with van der Waals surface area (Å²) in [6.45, 7) is 0. The van der Waals surface area contributed by atoms with Gasteiger partial charge < -0.3 is 11.1 Å². The second kappa shape index (κ2) is 5.66. The van der Waals surface area contributed by atoms with E-state index in [1.165, 1.54) is 12.8 Å². The van der Waals surface area contributed by atoms with E-state index in [0.29, 0.717) is 0 Å². The zero-order chi connectivity index (χ0) is 14.9. The maximum atomic E-state index is 6.25. The van der Waals surface area contributed by atoms with E-state index in [2.05, 4.69) is 25.9 Å². The zero-order valence-electron chi connectivity index (χ0n) is 12.1. The molecule has 7 heteroatoms. The zero-order valence-corrected chi connectivity index (χ0v) is 12.9. The van der Waals surface area contributed by atoms with E-state index < -0.39 is 0 Å². The van der Waals surface area contributed by atoms with Crippen LogP contribution in [0.5, 0.6) is 0 Å². The second-order valence-corrected chi connectivity index (χ2v) is 6.52. The summed E-state index contributed by atoms with van der Waals surface area (Å²) in [5, 5.41) is 14.7. The predicted molar refractivity (Wildman–Crippen MR) is 88.9 cm³/mol. The highest BCUT2D eigenvalue weighted by molar-refractivity contribution is 7.08. The third kappa shape index (κ3) is 2.46. The van der Waals surface area contributed by atoms with Gasteiger partial charge >= 0.3 is 0 Å². The number of rotatable bonds is 3. The molecule has 4 N–H and O–H groups in total. The van der Waals surface area contributed by atoms with Crippen molar-refractivity contribution in [2.45, 2.75) is 37.8 Å². The van der Waals surface area contributed by atoms with Crippen LogP contribution in [0.1, 0.15) is 25.7 Å². The van der Waals surface area contributed by atoms with Gasteiger partial charge in [0.25, 0.3) is 0 Å². The summed E-state index contributed by atoms with van der Waals surface area (Å²) in [7, 11) is 0. The lowest BCUT2D eigenvalue weighted by Gasteiger charge is -2.29. The van der Waals surface area contributed by atoms with E-state index in [9.17, 15) is 0 Å². The molecule has 1 fully saturated rings. The highest BCUT2D eigenvalue weighted by Gasteiger charge is 2.23. The van der Waals surface area contributed by atoms with Crippen molar-refractivity contribution in [2.75, 3.05) is 5.32 Å². The molecule has 0 aromatic carbocycles. The number of nitrogens with zero attached hydrogens (tertiary/aromatic N) is 3. The summed E-state index contributed by atoms with van der Waals surface area (Å²) in [6, 6.07) is 2.46. The minimum atomic E-state index is 0.172. The number of nitrogens with two attached hydrogens (primary N) is 1. The monoisotopic (exact) mass is 314 g/mol. The molecular weight excluding hydrogens is 296 g/mol. The Balaban J connectivity index is 1.73.